The van der Waals surface area contributed by atoms with Crippen molar-refractivity contribution in [3.05, 3.63) is 71.3 Å². The number of hydrogen-bond donors (Lipinski definition) is 1. The molecular formula is C21H25N5O. The monoisotopic (exact) mass is 363 g/mol. The number of piperidine rings is 1. The van der Waals surface area contributed by atoms with Gasteiger partial charge in [-0.1, -0.05) is 30.3 Å². The fourth-order valence-corrected chi connectivity index (χ4v) is 3.67. The predicted octanol–water partition coefficient (Wildman–Crippen LogP) is 3.18. The van der Waals surface area contributed by atoms with Crippen molar-refractivity contribution in [2.45, 2.75) is 31.7 Å². The van der Waals surface area contributed by atoms with Crippen LogP contribution in [0.2, 0.25) is 0 Å². The number of likely N-dealkylation sites (tertiary alicyclic amines) is 1. The van der Waals surface area contributed by atoms with E-state index in [1.807, 2.05) is 18.5 Å². The highest BCUT2D eigenvalue weighted by atomic mass is 16.5. The highest BCUT2D eigenvalue weighted by Crippen LogP contribution is 2.28. The third-order valence-corrected chi connectivity index (χ3v) is 5.16. The number of nitrogens with zero attached hydrogens (tertiary/aromatic N) is 4. The summed E-state index contributed by atoms with van der Waals surface area (Å²) in [6.07, 6.45) is 6.87. The molecule has 0 aliphatic carbocycles. The lowest BCUT2D eigenvalue weighted by molar-refractivity contribution is 0.202. The van der Waals surface area contributed by atoms with Crippen LogP contribution in [0.5, 0.6) is 6.01 Å². The van der Waals surface area contributed by atoms with E-state index in [2.05, 4.69) is 55.4 Å². The molecule has 4 rings (SSSR count). The molecule has 6 nitrogen and oxygen atoms in total. The van der Waals surface area contributed by atoms with Crippen LogP contribution in [0.25, 0.3) is 0 Å². The molecule has 1 aliphatic heterocycles. The molecule has 6 heteroatoms. The molecule has 0 saturated carbocycles. The number of H-pyrrole nitrogens is 1. The summed E-state index contributed by atoms with van der Waals surface area (Å²) in [6.45, 7) is 3.02. The van der Waals surface area contributed by atoms with Gasteiger partial charge in [0, 0.05) is 42.5 Å². The van der Waals surface area contributed by atoms with E-state index >= 15 is 0 Å². The normalized spacial score (nSPS) is 15.7. The summed E-state index contributed by atoms with van der Waals surface area (Å²) in [5, 5.41) is 7.81. The van der Waals surface area contributed by atoms with E-state index in [-0.39, 0.29) is 0 Å². The zero-order valence-electron chi connectivity index (χ0n) is 15.6. The number of aromatic amines is 1. The smallest absolute Gasteiger partial charge is 0.316 e. The average molecular weight is 363 g/mol. The van der Waals surface area contributed by atoms with Crippen molar-refractivity contribution in [1.82, 2.24) is 25.1 Å². The maximum Gasteiger partial charge on any atom is 0.316 e. The molecule has 0 spiro atoms. The number of hydrogen-bond acceptors (Lipinski definition) is 5. The predicted molar refractivity (Wildman–Crippen MR) is 104 cm³/mol. The average Bonchev–Trinajstić information content (AvgIpc) is 3.18. The Morgan fingerprint density at radius 1 is 1.07 bits per heavy atom. The first-order valence-electron chi connectivity index (χ1n) is 9.45. The van der Waals surface area contributed by atoms with Crippen molar-refractivity contribution < 1.29 is 4.74 Å². The molecule has 140 valence electrons. The fourth-order valence-electron chi connectivity index (χ4n) is 3.67. The van der Waals surface area contributed by atoms with Crippen LogP contribution in [0.15, 0.2) is 48.8 Å². The van der Waals surface area contributed by atoms with Gasteiger partial charge >= 0.3 is 6.01 Å². The second kappa shape index (κ2) is 8.31. The van der Waals surface area contributed by atoms with Crippen LogP contribution >= 0.6 is 0 Å². The molecule has 1 saturated heterocycles. The van der Waals surface area contributed by atoms with Crippen molar-refractivity contribution >= 4 is 0 Å². The number of aromatic nitrogens is 4. The molecule has 2 aromatic heterocycles. The van der Waals surface area contributed by atoms with Crippen LogP contribution in [0.4, 0.5) is 0 Å². The molecule has 1 aliphatic rings. The quantitative estimate of drug-likeness (QED) is 0.729. The Labute approximate surface area is 159 Å². The van der Waals surface area contributed by atoms with Gasteiger partial charge in [0.15, 0.2) is 0 Å². The molecule has 3 aromatic rings. The summed E-state index contributed by atoms with van der Waals surface area (Å²) >= 11 is 0. The minimum Gasteiger partial charge on any atom is -0.467 e. The van der Waals surface area contributed by atoms with Gasteiger partial charge in [-0.25, -0.2) is 9.97 Å². The molecule has 0 unspecified atom stereocenters. The van der Waals surface area contributed by atoms with Crippen LogP contribution in [0.3, 0.4) is 0 Å². The van der Waals surface area contributed by atoms with Gasteiger partial charge in [-0.05, 0) is 37.6 Å². The van der Waals surface area contributed by atoms with E-state index in [0.717, 1.165) is 44.5 Å². The SMILES string of the molecule is COc1ncc(CN2CCC(c3cc(Cc4ccccc4)[nH]n3)CC2)cn1. The summed E-state index contributed by atoms with van der Waals surface area (Å²) in [6, 6.07) is 13.2. The third-order valence-electron chi connectivity index (χ3n) is 5.16. The number of benzene rings is 1. The summed E-state index contributed by atoms with van der Waals surface area (Å²) < 4.78 is 5.02. The highest BCUT2D eigenvalue weighted by Gasteiger charge is 2.22. The zero-order chi connectivity index (χ0) is 18.5. The number of nitrogens with one attached hydrogen (secondary N) is 1. The van der Waals surface area contributed by atoms with Gasteiger partial charge < -0.3 is 4.74 Å². The lowest BCUT2D eigenvalue weighted by Gasteiger charge is -2.31. The summed E-state index contributed by atoms with van der Waals surface area (Å²) in [4.78, 5) is 10.8. The van der Waals surface area contributed by atoms with E-state index < -0.39 is 0 Å². The van der Waals surface area contributed by atoms with Crippen LogP contribution in [0, 0.1) is 0 Å². The molecule has 0 bridgehead atoms. The topological polar surface area (TPSA) is 66.9 Å². The number of rotatable bonds is 6. The van der Waals surface area contributed by atoms with Gasteiger partial charge in [0.1, 0.15) is 0 Å². The summed E-state index contributed by atoms with van der Waals surface area (Å²) in [7, 11) is 1.58. The molecular weight excluding hydrogens is 338 g/mol. The molecule has 27 heavy (non-hydrogen) atoms. The van der Waals surface area contributed by atoms with Crippen molar-refractivity contribution in [2.24, 2.45) is 0 Å². The molecule has 0 atom stereocenters. The van der Waals surface area contributed by atoms with E-state index in [1.165, 1.54) is 17.0 Å². The number of methoxy groups -OCH3 is 1. The lowest BCUT2D eigenvalue weighted by atomic mass is 9.93. The lowest BCUT2D eigenvalue weighted by Crippen LogP contribution is -2.32. The van der Waals surface area contributed by atoms with Crippen molar-refractivity contribution in [3.63, 3.8) is 0 Å². The van der Waals surface area contributed by atoms with E-state index in [1.54, 1.807) is 7.11 Å². The van der Waals surface area contributed by atoms with Crippen LogP contribution in [-0.4, -0.2) is 45.3 Å². The van der Waals surface area contributed by atoms with Gasteiger partial charge in [0.25, 0.3) is 0 Å². The molecule has 0 amide bonds. The Morgan fingerprint density at radius 3 is 2.52 bits per heavy atom. The zero-order valence-corrected chi connectivity index (χ0v) is 15.6. The maximum absolute atomic E-state index is 5.02. The van der Waals surface area contributed by atoms with Gasteiger partial charge in [0.2, 0.25) is 0 Å². The molecule has 1 aromatic carbocycles. The third kappa shape index (κ3) is 4.52. The second-order valence-electron chi connectivity index (χ2n) is 7.11. The first kappa shape index (κ1) is 17.7. The first-order chi connectivity index (χ1) is 13.3. The van der Waals surface area contributed by atoms with Crippen molar-refractivity contribution in [1.29, 1.82) is 0 Å². The fraction of sp³-hybridized carbons (Fsp3) is 0.381. The second-order valence-corrected chi connectivity index (χ2v) is 7.11. The minimum absolute atomic E-state index is 0.419. The molecule has 1 fully saturated rings. The van der Waals surface area contributed by atoms with Gasteiger partial charge in [0.05, 0.1) is 12.8 Å². The highest BCUT2D eigenvalue weighted by molar-refractivity contribution is 5.23. The number of ether oxygens (including phenoxy) is 1. The molecule has 3 heterocycles. The molecule has 1 N–H and O–H groups in total. The minimum atomic E-state index is 0.419. The van der Waals surface area contributed by atoms with E-state index in [4.69, 9.17) is 4.74 Å². The Kier molecular flexibility index (Phi) is 5.44. The maximum atomic E-state index is 5.02. The van der Waals surface area contributed by atoms with Crippen molar-refractivity contribution in [3.8, 4) is 6.01 Å². The largest absolute Gasteiger partial charge is 0.467 e. The van der Waals surface area contributed by atoms with Crippen LogP contribution in [-0.2, 0) is 13.0 Å². The Hall–Kier alpha value is -2.73. The van der Waals surface area contributed by atoms with Gasteiger partial charge in [-0.2, -0.15) is 5.10 Å². The van der Waals surface area contributed by atoms with Gasteiger partial charge in [-0.15, -0.1) is 0 Å². The Balaban J connectivity index is 1.30. The Morgan fingerprint density at radius 2 is 1.81 bits per heavy atom. The Bertz CT molecular complexity index is 839. The summed E-state index contributed by atoms with van der Waals surface area (Å²) in [5.41, 5.74) is 4.82. The van der Waals surface area contributed by atoms with Crippen molar-refractivity contribution in [2.75, 3.05) is 20.2 Å². The first-order valence-corrected chi connectivity index (χ1v) is 9.45. The van der Waals surface area contributed by atoms with Gasteiger partial charge in [-0.3, -0.25) is 10.00 Å². The standard InChI is InChI=1S/C21H25N5O/c1-27-21-22-13-17(14-23-21)15-26-9-7-18(8-10-26)20-12-19(24-25-20)11-16-5-3-2-4-6-16/h2-6,12-14,18H,7-11,15H2,1H3,(H,24,25). The summed E-state index contributed by atoms with van der Waals surface area (Å²) in [5.74, 6) is 0.536. The van der Waals surface area contributed by atoms with E-state index in [9.17, 15) is 0 Å². The van der Waals surface area contributed by atoms with Crippen LogP contribution in [0.1, 0.15) is 41.3 Å². The molecule has 0 radical (unpaired) electrons. The van der Waals surface area contributed by atoms with E-state index in [0.29, 0.717) is 11.9 Å². The van der Waals surface area contributed by atoms with Crippen LogP contribution < -0.4 is 4.74 Å².